The van der Waals surface area contributed by atoms with Crippen LogP contribution in [-0.2, 0) is 0 Å². The number of halogens is 2. The van der Waals surface area contributed by atoms with E-state index in [1.807, 2.05) is 40.7 Å². The van der Waals surface area contributed by atoms with Crippen molar-refractivity contribution in [3.63, 3.8) is 0 Å². The summed E-state index contributed by atoms with van der Waals surface area (Å²) in [6, 6.07) is 7.74. The van der Waals surface area contributed by atoms with Gasteiger partial charge in [0.15, 0.2) is 11.9 Å². The van der Waals surface area contributed by atoms with E-state index in [0.717, 1.165) is 5.39 Å². The Morgan fingerprint density at radius 1 is 1.12 bits per heavy atom. The van der Waals surface area contributed by atoms with Crippen LogP contribution in [-0.4, -0.2) is 11.3 Å². The lowest BCUT2D eigenvalue weighted by molar-refractivity contribution is 0.111. The molecule has 3 nitrogen and oxygen atoms in total. The molecule has 0 radical (unpaired) electrons. The van der Waals surface area contributed by atoms with Gasteiger partial charge >= 0.3 is 0 Å². The average Bonchev–Trinajstić information content (AvgIpc) is 3.00. The quantitative estimate of drug-likeness (QED) is 0.498. The fourth-order valence-electron chi connectivity index (χ4n) is 2.10. The zero-order valence-corrected chi connectivity index (χ0v) is 15.2. The van der Waals surface area contributed by atoms with Crippen LogP contribution in [0.5, 0.6) is 0 Å². The van der Waals surface area contributed by atoms with Gasteiger partial charge in [0.05, 0.1) is 5.02 Å². The Morgan fingerprint density at radius 2 is 1.79 bits per heavy atom. The number of carbonyl (C=O) groups excluding carboxylic acids is 1. The first-order valence-electron chi connectivity index (χ1n) is 7.90. The molecule has 0 spiro atoms. The molecule has 0 atom stereocenters. The van der Waals surface area contributed by atoms with Crippen molar-refractivity contribution in [3.05, 3.63) is 52.6 Å². The highest BCUT2D eigenvalue weighted by Gasteiger charge is 2.14. The van der Waals surface area contributed by atoms with Gasteiger partial charge in [-0.15, -0.1) is 0 Å². The predicted octanol–water partition coefficient (Wildman–Crippen LogP) is 6.46. The maximum absolute atomic E-state index is 13.2. The van der Waals surface area contributed by atoms with Gasteiger partial charge in [0.1, 0.15) is 23.0 Å². The van der Waals surface area contributed by atoms with Crippen molar-refractivity contribution in [1.29, 1.82) is 0 Å². The molecule has 3 aromatic rings. The van der Waals surface area contributed by atoms with Gasteiger partial charge in [-0.1, -0.05) is 39.3 Å². The molecule has 0 fully saturated rings. The number of aromatic nitrogens is 1. The Kier molecular flexibility index (Phi) is 7.59. The van der Waals surface area contributed by atoms with E-state index in [2.05, 4.69) is 4.98 Å². The van der Waals surface area contributed by atoms with Crippen molar-refractivity contribution < 1.29 is 13.6 Å². The number of aldehydes is 1. The third-order valence-electron chi connectivity index (χ3n) is 2.96. The van der Waals surface area contributed by atoms with Crippen LogP contribution in [0.2, 0.25) is 5.02 Å². The Bertz CT molecular complexity index is 828. The van der Waals surface area contributed by atoms with E-state index in [1.54, 1.807) is 12.1 Å². The van der Waals surface area contributed by atoms with Gasteiger partial charge in [0.2, 0.25) is 0 Å². The number of benzene rings is 1. The molecule has 0 amide bonds. The van der Waals surface area contributed by atoms with Gasteiger partial charge in [-0.25, -0.2) is 9.37 Å². The standard InChI is InChI=1S/C15H9ClFNO2.2C2H6/c1-8-4-10-5-11(7-19)18-14(15(10)20-8)9-2-3-13(17)12(16)6-9;2*1-2/h2-7H,1H3;2*1-2H3. The zero-order chi connectivity index (χ0) is 18.3. The molecule has 2 heterocycles. The van der Waals surface area contributed by atoms with Crippen molar-refractivity contribution in [2.45, 2.75) is 34.6 Å². The first-order valence-corrected chi connectivity index (χ1v) is 8.28. The number of pyridine rings is 1. The van der Waals surface area contributed by atoms with Gasteiger partial charge < -0.3 is 4.42 Å². The highest BCUT2D eigenvalue weighted by molar-refractivity contribution is 6.31. The summed E-state index contributed by atoms with van der Waals surface area (Å²) in [7, 11) is 0. The number of furan rings is 1. The topological polar surface area (TPSA) is 43.1 Å². The van der Waals surface area contributed by atoms with Crippen LogP contribution in [0.15, 0.2) is 34.7 Å². The van der Waals surface area contributed by atoms with Gasteiger partial charge in [0.25, 0.3) is 0 Å². The molecule has 5 heteroatoms. The number of nitrogens with zero attached hydrogens (tertiary/aromatic N) is 1. The molecule has 0 aliphatic heterocycles. The third kappa shape index (κ3) is 4.20. The van der Waals surface area contributed by atoms with Crippen LogP contribution in [0.1, 0.15) is 43.9 Å². The second-order valence-electron chi connectivity index (χ2n) is 4.42. The van der Waals surface area contributed by atoms with E-state index < -0.39 is 5.82 Å². The Morgan fingerprint density at radius 3 is 2.38 bits per heavy atom. The van der Waals surface area contributed by atoms with Gasteiger partial charge in [0, 0.05) is 10.9 Å². The van der Waals surface area contributed by atoms with Crippen LogP contribution < -0.4 is 0 Å². The monoisotopic (exact) mass is 349 g/mol. The van der Waals surface area contributed by atoms with Crippen LogP contribution in [0, 0.1) is 12.7 Å². The fraction of sp³-hybridized carbons (Fsp3) is 0.263. The van der Waals surface area contributed by atoms with E-state index >= 15 is 0 Å². The molecule has 3 rings (SSSR count). The van der Waals surface area contributed by atoms with Crippen molar-refractivity contribution in [1.82, 2.24) is 4.98 Å². The number of carbonyl (C=O) groups is 1. The summed E-state index contributed by atoms with van der Waals surface area (Å²) in [6.07, 6.45) is 0.663. The number of hydrogen-bond donors (Lipinski definition) is 0. The normalized spacial score (nSPS) is 9.62. The second kappa shape index (κ2) is 9.18. The first kappa shape index (κ1) is 19.8. The average molecular weight is 350 g/mol. The largest absolute Gasteiger partial charge is 0.459 e. The summed E-state index contributed by atoms with van der Waals surface area (Å²) in [5.74, 6) is 0.202. The summed E-state index contributed by atoms with van der Waals surface area (Å²) in [6.45, 7) is 9.81. The molecular weight excluding hydrogens is 329 g/mol. The van der Waals surface area contributed by atoms with E-state index in [0.29, 0.717) is 28.9 Å². The first-order chi connectivity index (χ1) is 11.6. The maximum Gasteiger partial charge on any atom is 0.168 e. The third-order valence-corrected chi connectivity index (χ3v) is 3.25. The fourth-order valence-corrected chi connectivity index (χ4v) is 2.28. The Labute approximate surface area is 146 Å². The minimum atomic E-state index is -0.506. The molecule has 0 aliphatic carbocycles. The highest BCUT2D eigenvalue weighted by Crippen LogP contribution is 2.31. The van der Waals surface area contributed by atoms with Gasteiger partial charge in [-0.2, -0.15) is 0 Å². The minimum Gasteiger partial charge on any atom is -0.459 e. The second-order valence-corrected chi connectivity index (χ2v) is 4.83. The number of fused-ring (bicyclic) bond motifs is 1. The summed E-state index contributed by atoms with van der Waals surface area (Å²) < 4.78 is 18.9. The maximum atomic E-state index is 13.2. The number of rotatable bonds is 2. The SMILES string of the molecule is CC.CC.Cc1cc2cc(C=O)nc(-c3ccc(F)c(Cl)c3)c2o1. The van der Waals surface area contributed by atoms with Gasteiger partial charge in [-0.3, -0.25) is 4.79 Å². The molecule has 0 saturated carbocycles. The van der Waals surface area contributed by atoms with E-state index in [4.69, 9.17) is 16.0 Å². The number of aryl methyl sites for hydroxylation is 1. The van der Waals surface area contributed by atoms with E-state index in [-0.39, 0.29) is 10.7 Å². The van der Waals surface area contributed by atoms with E-state index in [9.17, 15) is 9.18 Å². The molecule has 128 valence electrons. The Balaban J connectivity index is 0.000000671. The smallest absolute Gasteiger partial charge is 0.168 e. The molecule has 2 aromatic heterocycles. The lowest BCUT2D eigenvalue weighted by atomic mass is 10.1. The molecule has 0 aliphatic rings. The van der Waals surface area contributed by atoms with Crippen molar-refractivity contribution in [2.75, 3.05) is 0 Å². The summed E-state index contributed by atoms with van der Waals surface area (Å²) in [5.41, 5.74) is 1.91. The van der Waals surface area contributed by atoms with Crippen molar-refractivity contribution >= 4 is 28.9 Å². The molecular formula is C19H21ClFNO2. The lowest BCUT2D eigenvalue weighted by Crippen LogP contribution is -1.92. The summed E-state index contributed by atoms with van der Waals surface area (Å²) >= 11 is 5.79. The molecule has 1 aromatic carbocycles. The molecule has 0 unspecified atom stereocenters. The van der Waals surface area contributed by atoms with Gasteiger partial charge in [-0.05, 0) is 37.3 Å². The highest BCUT2D eigenvalue weighted by atomic mass is 35.5. The van der Waals surface area contributed by atoms with Crippen molar-refractivity contribution in [3.8, 4) is 11.3 Å². The Hall–Kier alpha value is -2.20. The van der Waals surface area contributed by atoms with E-state index in [1.165, 1.54) is 12.1 Å². The number of hydrogen-bond acceptors (Lipinski definition) is 3. The molecule has 0 N–H and O–H groups in total. The minimum absolute atomic E-state index is 0.00256. The summed E-state index contributed by atoms with van der Waals surface area (Å²) in [5, 5.41) is 0.771. The zero-order valence-electron chi connectivity index (χ0n) is 14.5. The predicted molar refractivity (Wildman–Crippen MR) is 97.2 cm³/mol. The van der Waals surface area contributed by atoms with Crippen LogP contribution in [0.25, 0.3) is 22.2 Å². The van der Waals surface area contributed by atoms with Crippen LogP contribution >= 0.6 is 11.6 Å². The van der Waals surface area contributed by atoms with Crippen molar-refractivity contribution in [2.24, 2.45) is 0 Å². The summed E-state index contributed by atoms with van der Waals surface area (Å²) in [4.78, 5) is 15.2. The molecule has 0 bridgehead atoms. The molecule has 0 saturated heterocycles. The lowest BCUT2D eigenvalue weighted by Gasteiger charge is -2.04. The molecule has 24 heavy (non-hydrogen) atoms. The van der Waals surface area contributed by atoms with Crippen LogP contribution in [0.4, 0.5) is 4.39 Å². The van der Waals surface area contributed by atoms with Crippen LogP contribution in [0.3, 0.4) is 0 Å².